The summed E-state index contributed by atoms with van der Waals surface area (Å²) in [6.07, 6.45) is 0. The molecule has 0 amide bonds. The third kappa shape index (κ3) is 7.37. The van der Waals surface area contributed by atoms with Crippen molar-refractivity contribution in [2.45, 2.75) is 41.5 Å². The van der Waals surface area contributed by atoms with Crippen LogP contribution in [-0.2, 0) is 0 Å². The monoisotopic (exact) mass is 1270 g/mol. The van der Waals surface area contributed by atoms with E-state index in [0.29, 0.717) is 0 Å². The fourth-order valence-corrected chi connectivity index (χ4v) is 19.8. The second-order valence-electron chi connectivity index (χ2n) is 28.9. The number of hydrogen-bond acceptors (Lipinski definition) is 0. The van der Waals surface area contributed by atoms with Gasteiger partial charge in [0.05, 0.1) is 44.1 Å². The van der Waals surface area contributed by atoms with Gasteiger partial charge in [-0.3, -0.25) is 0 Å². The van der Waals surface area contributed by atoms with Crippen LogP contribution in [0.25, 0.3) is 165 Å². The van der Waals surface area contributed by atoms with Crippen LogP contribution >= 0.6 is 0 Å². The van der Waals surface area contributed by atoms with Crippen molar-refractivity contribution in [3.63, 3.8) is 0 Å². The van der Waals surface area contributed by atoms with Crippen molar-refractivity contribution in [3.05, 3.63) is 312 Å². The lowest BCUT2D eigenvalue weighted by Crippen LogP contribution is -2.52. The van der Waals surface area contributed by atoms with E-state index in [2.05, 4.69) is 339 Å². The summed E-state index contributed by atoms with van der Waals surface area (Å²) in [7, 11) is 0. The van der Waals surface area contributed by atoms with Crippen LogP contribution in [0.15, 0.2) is 279 Å². The fourth-order valence-electron chi connectivity index (χ4n) is 19.8. The molecule has 6 heterocycles. The Kier molecular flexibility index (Phi) is 11.3. The normalized spacial score (nSPS) is 12.9. The molecule has 0 N–H and O–H groups in total. The van der Waals surface area contributed by atoms with Crippen LogP contribution in [0.4, 0.5) is 0 Å². The molecule has 0 bridgehead atoms. The molecule has 0 saturated carbocycles. The van der Waals surface area contributed by atoms with Crippen LogP contribution in [0.3, 0.4) is 0 Å². The van der Waals surface area contributed by atoms with E-state index in [4.69, 9.17) is 0 Å². The standard InChI is InChI=1S/C94H64B2N4/c1-53-43-61(97-79-31-15-7-23-65(79)66-24-8-16-32-80(66)97)44-54(2)91(53)95-77-49-59-39-42-74-88-60(40-41-73(87(59)88)89(77)75-51-63(47-57(5)93(75)95)99-83-35-19-11-27-69(83)70-28-12-20-36-84(70)99)50-78-90(74)76-52-64(100-85-37-21-13-29-71(85)72-30-14-22-38-86(72)100)48-58(6)94(76)96(78)92-55(3)45-62(46-56(92)4)98-81-33-17-9-25-67(81)68-26-10-18-34-82(68)98/h7-52H,1-6H3. The topological polar surface area (TPSA) is 19.7 Å². The van der Waals surface area contributed by atoms with Gasteiger partial charge in [-0.15, -0.1) is 0 Å². The Morgan fingerprint density at radius 2 is 0.430 bits per heavy atom. The van der Waals surface area contributed by atoms with Gasteiger partial charge in [-0.2, -0.15) is 0 Å². The molecular formula is C94H64B2N4. The minimum Gasteiger partial charge on any atom is -0.309 e. The predicted octanol–water partition coefficient (Wildman–Crippen LogP) is 19.8. The van der Waals surface area contributed by atoms with E-state index in [0.717, 1.165) is 0 Å². The molecule has 0 aliphatic carbocycles. The first-order chi connectivity index (χ1) is 49.1. The zero-order chi connectivity index (χ0) is 66.2. The number of hydrogen-bond donors (Lipinski definition) is 0. The molecule has 0 saturated heterocycles. The highest BCUT2D eigenvalue weighted by Gasteiger charge is 2.42. The quantitative estimate of drug-likeness (QED) is 0.117. The molecule has 2 aliphatic rings. The first-order valence-corrected chi connectivity index (χ1v) is 35.4. The highest BCUT2D eigenvalue weighted by molar-refractivity contribution is 7.01. The maximum Gasteiger partial charge on any atom is 0.243 e. The Bertz CT molecular complexity index is 6380. The van der Waals surface area contributed by atoms with Crippen LogP contribution in [0.2, 0.25) is 0 Å². The summed E-state index contributed by atoms with van der Waals surface area (Å²) in [5.41, 5.74) is 35.9. The van der Waals surface area contributed by atoms with Crippen molar-refractivity contribution >= 4 is 166 Å². The summed E-state index contributed by atoms with van der Waals surface area (Å²) >= 11 is 0. The van der Waals surface area contributed by atoms with Crippen molar-refractivity contribution in [2.24, 2.45) is 0 Å². The molecule has 0 radical (unpaired) electrons. The molecule has 0 atom stereocenters. The first kappa shape index (κ1) is 56.0. The van der Waals surface area contributed by atoms with Gasteiger partial charge in [0, 0.05) is 65.8 Å². The van der Waals surface area contributed by atoms with E-state index in [9.17, 15) is 0 Å². The maximum atomic E-state index is 2.61. The SMILES string of the molecule is Cc1cc(-n2c3ccccc3c3ccccc32)cc(C)c1B1c2cc3ccc4c5c(cc6ccc(c2-c2cc(-n7c8ccccc8c8ccccc87)cc(C)c21)c3c64)B(c1c(C)cc(-n2c3ccccc3c3ccccc32)cc1C)c1c(C)cc(-n2c3ccccc3c3ccccc32)cc1-5. The number of para-hydroxylation sites is 8. The summed E-state index contributed by atoms with van der Waals surface area (Å²) in [4.78, 5) is 0. The molecule has 0 fully saturated rings. The molecule has 6 heteroatoms. The molecule has 100 heavy (non-hydrogen) atoms. The van der Waals surface area contributed by atoms with Crippen molar-refractivity contribution < 1.29 is 0 Å². The first-order valence-electron chi connectivity index (χ1n) is 35.4. The molecule has 16 aromatic carbocycles. The van der Waals surface area contributed by atoms with E-state index in [-0.39, 0.29) is 13.4 Å². The zero-order valence-electron chi connectivity index (χ0n) is 56.5. The molecule has 466 valence electrons. The summed E-state index contributed by atoms with van der Waals surface area (Å²) in [6, 6.07) is 107. The minimum absolute atomic E-state index is 0.0155. The van der Waals surface area contributed by atoms with E-state index in [1.807, 2.05) is 0 Å². The van der Waals surface area contributed by atoms with Gasteiger partial charge in [-0.25, -0.2) is 0 Å². The van der Waals surface area contributed by atoms with Crippen LogP contribution in [0.1, 0.15) is 33.4 Å². The van der Waals surface area contributed by atoms with Crippen LogP contribution in [0.5, 0.6) is 0 Å². The van der Waals surface area contributed by atoms with Crippen LogP contribution in [-0.4, -0.2) is 31.7 Å². The van der Waals surface area contributed by atoms with E-state index >= 15 is 0 Å². The zero-order valence-corrected chi connectivity index (χ0v) is 56.5. The lowest BCUT2D eigenvalue weighted by Gasteiger charge is -2.22. The van der Waals surface area contributed by atoms with Crippen molar-refractivity contribution in [3.8, 4) is 45.0 Å². The predicted molar refractivity (Wildman–Crippen MR) is 429 cm³/mol. The summed E-state index contributed by atoms with van der Waals surface area (Å²) in [6.45, 7) is 14.2. The average molecular weight is 1270 g/mol. The van der Waals surface area contributed by atoms with Crippen LogP contribution < -0.4 is 32.8 Å². The largest absolute Gasteiger partial charge is 0.309 e. The smallest absolute Gasteiger partial charge is 0.243 e. The number of rotatable bonds is 6. The van der Waals surface area contributed by atoms with Crippen molar-refractivity contribution in [1.29, 1.82) is 0 Å². The molecular weight excluding hydrogens is 1210 g/mol. The maximum absolute atomic E-state index is 2.61. The Morgan fingerprint density at radius 3 is 0.680 bits per heavy atom. The van der Waals surface area contributed by atoms with Gasteiger partial charge < -0.3 is 18.3 Å². The van der Waals surface area contributed by atoms with Crippen molar-refractivity contribution in [2.75, 3.05) is 0 Å². The fraction of sp³-hybridized carbons (Fsp3) is 0.0638. The molecule has 0 spiro atoms. The second kappa shape index (κ2) is 20.3. The highest BCUT2D eigenvalue weighted by atomic mass is 15.0. The number of benzene rings is 16. The Hall–Kier alpha value is -12.1. The van der Waals surface area contributed by atoms with Crippen LogP contribution in [0, 0.1) is 41.5 Å². The minimum atomic E-state index is -0.0155. The second-order valence-corrected chi connectivity index (χ2v) is 28.9. The van der Waals surface area contributed by atoms with Gasteiger partial charge in [0.2, 0.25) is 13.4 Å². The van der Waals surface area contributed by atoms with Gasteiger partial charge in [-0.1, -0.05) is 248 Å². The van der Waals surface area contributed by atoms with E-state index in [1.54, 1.807) is 0 Å². The molecule has 22 rings (SSSR count). The molecule has 20 aromatic rings. The number of nitrogens with zero attached hydrogens (tertiary/aromatic N) is 4. The lowest BCUT2D eigenvalue weighted by molar-refractivity contribution is 1.16. The van der Waals surface area contributed by atoms with E-state index < -0.39 is 0 Å². The number of aromatic nitrogens is 4. The molecule has 4 nitrogen and oxygen atoms in total. The lowest BCUT2D eigenvalue weighted by atomic mass is 9.36. The Morgan fingerprint density at radius 1 is 0.210 bits per heavy atom. The summed E-state index contributed by atoms with van der Waals surface area (Å²) in [5.74, 6) is 0. The van der Waals surface area contributed by atoms with Gasteiger partial charge in [-0.05, 0) is 193 Å². The van der Waals surface area contributed by atoms with E-state index in [1.165, 1.54) is 231 Å². The summed E-state index contributed by atoms with van der Waals surface area (Å²) < 4.78 is 10.0. The van der Waals surface area contributed by atoms with Gasteiger partial charge >= 0.3 is 0 Å². The van der Waals surface area contributed by atoms with Gasteiger partial charge in [0.25, 0.3) is 0 Å². The highest BCUT2D eigenvalue weighted by Crippen LogP contribution is 2.47. The summed E-state index contributed by atoms with van der Waals surface area (Å²) in [5, 5.41) is 18.0. The van der Waals surface area contributed by atoms with Gasteiger partial charge in [0.1, 0.15) is 0 Å². The Balaban J connectivity index is 0.803. The number of fused-ring (bicyclic) bond motifs is 20. The third-order valence-corrected chi connectivity index (χ3v) is 23.5. The molecule has 2 aliphatic heterocycles. The third-order valence-electron chi connectivity index (χ3n) is 23.5. The molecule has 0 unspecified atom stereocenters. The average Bonchev–Trinajstić information content (AvgIpc) is 1.47. The molecule has 4 aromatic heterocycles. The Labute approximate surface area is 579 Å². The number of aryl methyl sites for hydroxylation is 6. The van der Waals surface area contributed by atoms with Gasteiger partial charge in [0.15, 0.2) is 0 Å². The van der Waals surface area contributed by atoms with Crippen molar-refractivity contribution in [1.82, 2.24) is 18.3 Å².